The number of nitrogens with zero attached hydrogens (tertiary/aromatic N) is 1. The first-order valence-electron chi connectivity index (χ1n) is 7.91. The van der Waals surface area contributed by atoms with Crippen LogP contribution in [0.5, 0.6) is 0 Å². The molecule has 0 N–H and O–H groups in total. The second kappa shape index (κ2) is 7.91. The third-order valence-electron chi connectivity index (χ3n) is 3.76. The summed E-state index contributed by atoms with van der Waals surface area (Å²) in [5, 5.41) is 0. The number of hydrogen-bond donors (Lipinski definition) is 0. The molecule has 4 nitrogen and oxygen atoms in total. The van der Waals surface area contributed by atoms with Crippen LogP contribution in [-0.4, -0.2) is 24.3 Å². The molecule has 26 heavy (non-hydrogen) atoms. The highest BCUT2D eigenvalue weighted by molar-refractivity contribution is 5.90. The van der Waals surface area contributed by atoms with E-state index in [1.807, 2.05) is 36.4 Å². The van der Waals surface area contributed by atoms with Crippen LogP contribution in [0.2, 0.25) is 0 Å². The minimum atomic E-state index is -0.392. The van der Waals surface area contributed by atoms with Gasteiger partial charge in [0, 0.05) is 28.5 Å². The molecule has 0 aliphatic rings. The third kappa shape index (κ3) is 4.03. The van der Waals surface area contributed by atoms with E-state index in [4.69, 9.17) is 4.74 Å². The zero-order valence-corrected chi connectivity index (χ0v) is 14.1. The number of hydrogen-bond acceptors (Lipinski definition) is 4. The van der Waals surface area contributed by atoms with Crippen molar-refractivity contribution in [3.63, 3.8) is 0 Å². The first kappa shape index (κ1) is 17.1. The van der Waals surface area contributed by atoms with Gasteiger partial charge in [0.15, 0.2) is 0 Å². The smallest absolute Gasteiger partial charge is 0.337 e. The lowest BCUT2D eigenvalue weighted by molar-refractivity contribution is 0.0600. The predicted molar refractivity (Wildman–Crippen MR) is 98.8 cm³/mol. The average molecular weight is 341 g/mol. The van der Waals surface area contributed by atoms with Gasteiger partial charge in [-0.2, -0.15) is 0 Å². The van der Waals surface area contributed by atoms with Gasteiger partial charge in [0.05, 0.1) is 18.4 Å². The molecule has 0 radical (unpaired) electrons. The summed E-state index contributed by atoms with van der Waals surface area (Å²) < 4.78 is 4.73. The summed E-state index contributed by atoms with van der Waals surface area (Å²) in [4.78, 5) is 26.6. The van der Waals surface area contributed by atoms with Gasteiger partial charge in [-0.1, -0.05) is 36.1 Å². The number of methoxy groups -OCH3 is 1. The Morgan fingerprint density at radius 1 is 0.962 bits per heavy atom. The van der Waals surface area contributed by atoms with Crippen molar-refractivity contribution in [3.05, 3.63) is 89.1 Å². The second-order valence-corrected chi connectivity index (χ2v) is 5.49. The second-order valence-electron chi connectivity index (χ2n) is 5.49. The number of pyridine rings is 1. The van der Waals surface area contributed by atoms with Crippen molar-refractivity contribution in [3.8, 4) is 23.1 Å². The summed E-state index contributed by atoms with van der Waals surface area (Å²) in [5.41, 5.74) is 4.36. The molecule has 0 aliphatic heterocycles. The molecule has 126 valence electrons. The van der Waals surface area contributed by atoms with E-state index in [-0.39, 0.29) is 0 Å². The average Bonchev–Trinajstić information content (AvgIpc) is 2.72. The monoisotopic (exact) mass is 341 g/mol. The maximum Gasteiger partial charge on any atom is 0.337 e. The van der Waals surface area contributed by atoms with Crippen LogP contribution < -0.4 is 0 Å². The van der Waals surface area contributed by atoms with E-state index in [0.717, 1.165) is 23.0 Å². The molecule has 0 aliphatic carbocycles. The maximum atomic E-state index is 11.6. The van der Waals surface area contributed by atoms with Gasteiger partial charge in [-0.3, -0.25) is 9.78 Å². The van der Waals surface area contributed by atoms with Gasteiger partial charge in [0.1, 0.15) is 6.29 Å². The van der Waals surface area contributed by atoms with Gasteiger partial charge in [-0.05, 0) is 36.4 Å². The van der Waals surface area contributed by atoms with Crippen molar-refractivity contribution in [1.82, 2.24) is 4.98 Å². The number of ether oxygens (including phenoxy) is 1. The molecular weight excluding hydrogens is 326 g/mol. The molecule has 2 aromatic carbocycles. The summed E-state index contributed by atoms with van der Waals surface area (Å²) in [5.74, 6) is 5.75. The Bertz CT molecular complexity index is 994. The molecule has 0 unspecified atom stereocenters. The highest BCUT2D eigenvalue weighted by atomic mass is 16.5. The SMILES string of the molecule is COC(=O)c1ccnc(-c2ccc(C#Cc3ccc(C=O)cc3)cc2)c1. The summed E-state index contributed by atoms with van der Waals surface area (Å²) in [6.45, 7) is 0. The molecular formula is C22H15NO3. The number of aromatic nitrogens is 1. The van der Waals surface area contributed by atoms with Crippen LogP contribution >= 0.6 is 0 Å². The minimum Gasteiger partial charge on any atom is -0.465 e. The lowest BCUT2D eigenvalue weighted by Crippen LogP contribution is -2.01. The van der Waals surface area contributed by atoms with Crippen LogP contribution in [0.25, 0.3) is 11.3 Å². The highest BCUT2D eigenvalue weighted by Gasteiger charge is 2.07. The van der Waals surface area contributed by atoms with Crippen molar-refractivity contribution in [2.75, 3.05) is 7.11 Å². The minimum absolute atomic E-state index is 0.392. The Hall–Kier alpha value is -3.71. The van der Waals surface area contributed by atoms with Crippen molar-refractivity contribution in [2.45, 2.75) is 0 Å². The van der Waals surface area contributed by atoms with Crippen molar-refractivity contribution in [1.29, 1.82) is 0 Å². The van der Waals surface area contributed by atoms with Crippen molar-refractivity contribution in [2.24, 2.45) is 0 Å². The van der Waals surface area contributed by atoms with E-state index in [0.29, 0.717) is 16.8 Å². The Labute approximate surface area is 151 Å². The Morgan fingerprint density at radius 3 is 2.15 bits per heavy atom. The van der Waals surface area contributed by atoms with E-state index in [1.165, 1.54) is 7.11 Å². The molecule has 3 rings (SSSR count). The number of aldehydes is 1. The normalized spacial score (nSPS) is 9.73. The Balaban J connectivity index is 1.80. The fourth-order valence-electron chi connectivity index (χ4n) is 2.35. The molecule has 0 fully saturated rings. The highest BCUT2D eigenvalue weighted by Crippen LogP contribution is 2.19. The molecule has 0 bridgehead atoms. The molecule has 3 aromatic rings. The first-order valence-corrected chi connectivity index (χ1v) is 7.91. The summed E-state index contributed by atoms with van der Waals surface area (Å²) >= 11 is 0. The molecule has 0 saturated heterocycles. The van der Waals surface area contributed by atoms with Crippen LogP contribution in [0.3, 0.4) is 0 Å². The van der Waals surface area contributed by atoms with Gasteiger partial charge in [0.25, 0.3) is 0 Å². The largest absolute Gasteiger partial charge is 0.465 e. The van der Waals surface area contributed by atoms with Crippen LogP contribution in [0.15, 0.2) is 66.9 Å². The lowest BCUT2D eigenvalue weighted by Gasteiger charge is -2.03. The van der Waals surface area contributed by atoms with Crippen LogP contribution in [-0.2, 0) is 4.74 Å². The van der Waals surface area contributed by atoms with Crippen LogP contribution in [0.1, 0.15) is 31.8 Å². The molecule has 1 heterocycles. The molecule has 0 amide bonds. The lowest BCUT2D eigenvalue weighted by atomic mass is 10.1. The maximum absolute atomic E-state index is 11.6. The van der Waals surface area contributed by atoms with E-state index in [9.17, 15) is 9.59 Å². The van der Waals surface area contributed by atoms with E-state index >= 15 is 0 Å². The summed E-state index contributed by atoms with van der Waals surface area (Å²) in [7, 11) is 1.35. The van der Waals surface area contributed by atoms with Gasteiger partial charge >= 0.3 is 5.97 Å². The van der Waals surface area contributed by atoms with Gasteiger partial charge < -0.3 is 4.74 Å². The number of carbonyl (C=O) groups is 2. The van der Waals surface area contributed by atoms with Gasteiger partial charge in [-0.25, -0.2) is 4.79 Å². The molecule has 4 heteroatoms. The predicted octanol–water partition coefficient (Wildman–Crippen LogP) is 3.75. The van der Waals surface area contributed by atoms with Gasteiger partial charge in [-0.15, -0.1) is 0 Å². The Kier molecular flexibility index (Phi) is 5.21. The number of rotatable bonds is 3. The van der Waals surface area contributed by atoms with Crippen molar-refractivity contribution >= 4 is 12.3 Å². The van der Waals surface area contributed by atoms with E-state index < -0.39 is 5.97 Å². The molecule has 0 spiro atoms. The first-order chi connectivity index (χ1) is 12.7. The van der Waals surface area contributed by atoms with E-state index in [1.54, 1.807) is 30.5 Å². The fraction of sp³-hybridized carbons (Fsp3) is 0.0455. The number of esters is 1. The molecule has 1 aromatic heterocycles. The number of carbonyl (C=O) groups excluding carboxylic acids is 2. The van der Waals surface area contributed by atoms with Crippen molar-refractivity contribution < 1.29 is 14.3 Å². The Morgan fingerprint density at radius 2 is 1.58 bits per heavy atom. The van der Waals surface area contributed by atoms with Crippen LogP contribution in [0.4, 0.5) is 0 Å². The fourth-order valence-corrected chi connectivity index (χ4v) is 2.35. The third-order valence-corrected chi connectivity index (χ3v) is 3.76. The summed E-state index contributed by atoms with van der Waals surface area (Å²) in [6, 6.07) is 18.0. The van der Waals surface area contributed by atoms with Crippen LogP contribution in [0, 0.1) is 11.8 Å². The molecule has 0 atom stereocenters. The zero-order valence-electron chi connectivity index (χ0n) is 14.1. The number of benzene rings is 2. The quantitative estimate of drug-likeness (QED) is 0.414. The van der Waals surface area contributed by atoms with Gasteiger partial charge in [0.2, 0.25) is 0 Å². The molecule has 0 saturated carbocycles. The van der Waals surface area contributed by atoms with E-state index in [2.05, 4.69) is 16.8 Å². The summed E-state index contributed by atoms with van der Waals surface area (Å²) in [6.07, 6.45) is 2.39. The topological polar surface area (TPSA) is 56.3 Å². The zero-order chi connectivity index (χ0) is 18.4. The standard InChI is InChI=1S/C22H15NO3/c1-26-22(25)20-12-13-23-21(14-20)19-10-8-17(9-11-19)3-2-16-4-6-18(15-24)7-5-16/h4-15H,1H3.